The van der Waals surface area contributed by atoms with Crippen LogP contribution in [-0.4, -0.2) is 14.6 Å². The predicted molar refractivity (Wildman–Crippen MR) is 116 cm³/mol. The number of nitrogens with one attached hydrogen (secondary N) is 1. The zero-order valence-electron chi connectivity index (χ0n) is 14.9. The molecule has 0 saturated carbocycles. The molecule has 0 amide bonds. The van der Waals surface area contributed by atoms with E-state index in [0.29, 0.717) is 5.69 Å². The minimum atomic E-state index is 0.714. The first-order valence-corrected chi connectivity index (χ1v) is 9.76. The van der Waals surface area contributed by atoms with Crippen LogP contribution in [0.3, 0.4) is 0 Å². The third-order valence-corrected chi connectivity index (χ3v) is 5.42. The summed E-state index contributed by atoms with van der Waals surface area (Å²) < 4.78 is 1.84. The van der Waals surface area contributed by atoms with Gasteiger partial charge >= 0.3 is 0 Å². The van der Waals surface area contributed by atoms with E-state index in [0.717, 1.165) is 34.0 Å². The summed E-state index contributed by atoms with van der Waals surface area (Å²) in [4.78, 5) is 5.68. The third kappa shape index (κ3) is 3.00. The molecule has 0 aliphatic carbocycles. The molecule has 6 heteroatoms. The normalized spacial score (nSPS) is 11.0. The van der Waals surface area contributed by atoms with Gasteiger partial charge in [-0.2, -0.15) is 0 Å². The van der Waals surface area contributed by atoms with E-state index in [-0.39, 0.29) is 0 Å². The number of hydrogen-bond acceptors (Lipinski definition) is 5. The fourth-order valence-corrected chi connectivity index (χ4v) is 3.98. The molecule has 3 heterocycles. The maximum atomic E-state index is 5.94. The Morgan fingerprint density at radius 2 is 1.86 bits per heavy atom. The van der Waals surface area contributed by atoms with Crippen LogP contribution < -0.4 is 11.1 Å². The van der Waals surface area contributed by atoms with Crippen LogP contribution in [-0.2, 0) is 0 Å². The molecule has 0 spiro atoms. The van der Waals surface area contributed by atoms with Crippen molar-refractivity contribution in [2.45, 2.75) is 0 Å². The Balaban J connectivity index is 1.56. The molecule has 5 rings (SSSR count). The highest BCUT2D eigenvalue weighted by Gasteiger charge is 2.10. The van der Waals surface area contributed by atoms with Crippen molar-refractivity contribution in [1.82, 2.24) is 14.6 Å². The van der Waals surface area contributed by atoms with Crippen molar-refractivity contribution in [2.75, 3.05) is 11.1 Å². The second-order valence-corrected chi connectivity index (χ2v) is 7.35. The van der Waals surface area contributed by atoms with E-state index < -0.39 is 0 Å². The van der Waals surface area contributed by atoms with Gasteiger partial charge in [0.25, 0.3) is 0 Å². The van der Waals surface area contributed by atoms with Crippen molar-refractivity contribution in [1.29, 1.82) is 0 Å². The number of hydrogen-bond donors (Lipinski definition) is 2. The Labute approximate surface area is 166 Å². The molecular weight excluding hydrogens is 366 g/mol. The summed E-state index contributed by atoms with van der Waals surface area (Å²) in [6.07, 6.45) is 1.82. The van der Waals surface area contributed by atoms with Crippen molar-refractivity contribution >= 4 is 34.2 Å². The van der Waals surface area contributed by atoms with Crippen LogP contribution in [0, 0.1) is 0 Å². The van der Waals surface area contributed by atoms with Crippen molar-refractivity contribution in [3.63, 3.8) is 0 Å². The van der Waals surface area contributed by atoms with Gasteiger partial charge in [-0.15, -0.1) is 16.4 Å². The molecule has 2 aromatic carbocycles. The van der Waals surface area contributed by atoms with Crippen molar-refractivity contribution in [3.05, 3.63) is 84.4 Å². The highest BCUT2D eigenvalue weighted by atomic mass is 32.1. The van der Waals surface area contributed by atoms with Gasteiger partial charge in [0.15, 0.2) is 11.5 Å². The Kier molecular flexibility index (Phi) is 4.03. The van der Waals surface area contributed by atoms with Gasteiger partial charge in [0.05, 0.1) is 11.9 Å². The zero-order valence-corrected chi connectivity index (χ0v) is 15.7. The molecular formula is C22H17N5S. The number of aromatic nitrogens is 3. The summed E-state index contributed by atoms with van der Waals surface area (Å²) in [6, 6.07) is 24.1. The van der Waals surface area contributed by atoms with Crippen LogP contribution >= 0.6 is 11.3 Å². The lowest BCUT2D eigenvalue weighted by molar-refractivity contribution is 0.949. The number of nitrogen functional groups attached to an aromatic ring is 1. The number of anilines is 3. The molecule has 5 nitrogen and oxygen atoms in total. The van der Waals surface area contributed by atoms with Gasteiger partial charge in [-0.25, -0.2) is 9.50 Å². The lowest BCUT2D eigenvalue weighted by atomic mass is 10.1. The van der Waals surface area contributed by atoms with Crippen LogP contribution in [0.1, 0.15) is 0 Å². The minimum Gasteiger partial charge on any atom is -0.399 e. The van der Waals surface area contributed by atoms with E-state index in [1.165, 1.54) is 4.88 Å². The summed E-state index contributed by atoms with van der Waals surface area (Å²) in [5, 5.41) is 10.3. The van der Waals surface area contributed by atoms with E-state index in [9.17, 15) is 0 Å². The summed E-state index contributed by atoms with van der Waals surface area (Å²) in [6.45, 7) is 0. The largest absolute Gasteiger partial charge is 0.399 e. The number of nitrogens with two attached hydrogens (primary N) is 1. The van der Waals surface area contributed by atoms with Crippen LogP contribution in [0.25, 0.3) is 27.3 Å². The quantitative estimate of drug-likeness (QED) is 0.405. The fraction of sp³-hybridized carbons (Fsp3) is 0. The number of thiophene rings is 1. The van der Waals surface area contributed by atoms with Crippen LogP contribution in [0.4, 0.5) is 17.2 Å². The minimum absolute atomic E-state index is 0.714. The van der Waals surface area contributed by atoms with Crippen molar-refractivity contribution in [3.8, 4) is 21.7 Å². The highest BCUT2D eigenvalue weighted by molar-refractivity contribution is 7.13. The van der Waals surface area contributed by atoms with Gasteiger partial charge < -0.3 is 11.1 Å². The highest BCUT2D eigenvalue weighted by Crippen LogP contribution is 2.33. The molecule has 0 aliphatic rings. The Morgan fingerprint density at radius 1 is 0.929 bits per heavy atom. The second-order valence-electron chi connectivity index (χ2n) is 6.41. The molecule has 3 N–H and O–H groups in total. The fourth-order valence-electron chi connectivity index (χ4n) is 3.21. The van der Waals surface area contributed by atoms with Crippen LogP contribution in [0.5, 0.6) is 0 Å². The maximum absolute atomic E-state index is 5.94. The number of fused-ring (bicyclic) bond motifs is 1. The van der Waals surface area contributed by atoms with Gasteiger partial charge in [-0.1, -0.05) is 36.4 Å². The number of nitrogens with zero attached hydrogens (tertiary/aromatic N) is 3. The smallest absolute Gasteiger partial charge is 0.154 e. The van der Waals surface area contributed by atoms with E-state index >= 15 is 0 Å². The first-order valence-electron chi connectivity index (χ1n) is 8.88. The molecule has 28 heavy (non-hydrogen) atoms. The van der Waals surface area contributed by atoms with E-state index in [1.807, 2.05) is 59.2 Å². The Morgan fingerprint density at radius 3 is 2.71 bits per heavy atom. The van der Waals surface area contributed by atoms with Gasteiger partial charge in [0.2, 0.25) is 0 Å². The number of benzene rings is 2. The zero-order chi connectivity index (χ0) is 18.9. The summed E-state index contributed by atoms with van der Waals surface area (Å²) in [5.41, 5.74) is 11.5. The van der Waals surface area contributed by atoms with Gasteiger partial charge in [0, 0.05) is 27.4 Å². The van der Waals surface area contributed by atoms with Crippen molar-refractivity contribution < 1.29 is 0 Å². The summed E-state index contributed by atoms with van der Waals surface area (Å²) in [5.74, 6) is 0.750. The monoisotopic (exact) mass is 383 g/mol. The Bertz CT molecular complexity index is 1260. The Hall–Kier alpha value is -3.64. The summed E-state index contributed by atoms with van der Waals surface area (Å²) in [7, 11) is 0. The molecule has 0 aliphatic heterocycles. The predicted octanol–water partition coefficient (Wildman–Crippen LogP) is 5.45. The lowest BCUT2D eigenvalue weighted by Gasteiger charge is -2.11. The molecule has 0 radical (unpaired) electrons. The molecule has 0 bridgehead atoms. The summed E-state index contributed by atoms with van der Waals surface area (Å²) >= 11 is 1.72. The molecule has 0 unspecified atom stereocenters. The first kappa shape index (κ1) is 16.5. The molecule has 5 aromatic rings. The molecule has 3 aromatic heterocycles. The van der Waals surface area contributed by atoms with E-state index in [2.05, 4.69) is 39.9 Å². The maximum Gasteiger partial charge on any atom is 0.154 e. The van der Waals surface area contributed by atoms with E-state index in [4.69, 9.17) is 10.8 Å². The van der Waals surface area contributed by atoms with Crippen molar-refractivity contribution in [2.24, 2.45) is 0 Å². The number of rotatable bonds is 4. The lowest BCUT2D eigenvalue weighted by Crippen LogP contribution is -2.01. The van der Waals surface area contributed by atoms with Crippen LogP contribution in [0.2, 0.25) is 0 Å². The van der Waals surface area contributed by atoms with Gasteiger partial charge in [-0.3, -0.25) is 0 Å². The molecule has 0 atom stereocenters. The SMILES string of the molecule is Nc1cccc(-c2cnc3ccc(Nc4ccccc4-c4cccs4)nn23)c1. The average Bonchev–Trinajstić information content (AvgIpc) is 3.38. The van der Waals surface area contributed by atoms with Crippen LogP contribution in [0.15, 0.2) is 84.4 Å². The van der Waals surface area contributed by atoms with Gasteiger partial charge in [-0.05, 0) is 41.8 Å². The first-order chi connectivity index (χ1) is 13.8. The number of imidazole rings is 1. The number of para-hydroxylation sites is 1. The average molecular weight is 383 g/mol. The van der Waals surface area contributed by atoms with Gasteiger partial charge in [0.1, 0.15) is 0 Å². The second kappa shape index (κ2) is 6.83. The standard InChI is InChI=1S/C22H17N5S/c23-16-6-3-5-15(13-16)19-14-24-22-11-10-21(26-27(19)22)25-18-8-2-1-7-17(18)20-9-4-12-28-20/h1-14H,23H2,(H,25,26). The molecule has 0 saturated heterocycles. The molecule has 136 valence electrons. The van der Waals surface area contributed by atoms with E-state index in [1.54, 1.807) is 11.3 Å². The third-order valence-electron chi connectivity index (χ3n) is 4.52. The molecule has 0 fully saturated rings. The topological polar surface area (TPSA) is 68.2 Å².